The van der Waals surface area contributed by atoms with Gasteiger partial charge in [0.05, 0.1) is 29.7 Å². The number of benzene rings is 2. The summed E-state index contributed by atoms with van der Waals surface area (Å²) in [5.74, 6) is 0.949. The van der Waals surface area contributed by atoms with Crippen LogP contribution in [0.15, 0.2) is 54.9 Å². The Hall–Kier alpha value is -3.22. The number of hydrogen-bond acceptors (Lipinski definition) is 4. The Kier molecular flexibility index (Phi) is 4.73. The van der Waals surface area contributed by atoms with E-state index in [-0.39, 0.29) is 23.8 Å². The Morgan fingerprint density at radius 1 is 1.10 bits per heavy atom. The fourth-order valence-corrected chi connectivity index (χ4v) is 4.59. The van der Waals surface area contributed by atoms with Crippen LogP contribution in [0, 0.1) is 18.7 Å². The first-order valence-electron chi connectivity index (χ1n) is 10.3. The molecule has 2 aliphatic heterocycles. The summed E-state index contributed by atoms with van der Waals surface area (Å²) < 4.78 is 19.1. The maximum absolute atomic E-state index is 13.7. The molecule has 1 aliphatic carbocycles. The largest absolute Gasteiger partial charge is 0.491 e. The minimum absolute atomic E-state index is 0.0122. The highest BCUT2D eigenvalue weighted by molar-refractivity contribution is 5.98. The molecule has 1 saturated carbocycles. The van der Waals surface area contributed by atoms with Crippen molar-refractivity contribution in [3.63, 3.8) is 0 Å². The molecule has 1 aromatic heterocycles. The van der Waals surface area contributed by atoms with Gasteiger partial charge in [0, 0.05) is 6.04 Å². The predicted octanol–water partition coefficient (Wildman–Crippen LogP) is 3.79. The van der Waals surface area contributed by atoms with Crippen molar-refractivity contribution in [1.29, 1.82) is 0 Å². The van der Waals surface area contributed by atoms with Crippen LogP contribution in [0.1, 0.15) is 35.2 Å². The van der Waals surface area contributed by atoms with Crippen molar-refractivity contribution in [2.24, 2.45) is 5.92 Å². The molecule has 3 fully saturated rings. The van der Waals surface area contributed by atoms with Crippen molar-refractivity contribution in [3.8, 4) is 11.4 Å². The molecular weight excluding hydrogens is 383 g/mol. The molecule has 0 unspecified atom stereocenters. The molecule has 1 amide bonds. The molecule has 0 spiro atoms. The molecular formula is C23H23FN4O2. The van der Waals surface area contributed by atoms with Crippen molar-refractivity contribution in [2.45, 2.75) is 38.3 Å². The minimum Gasteiger partial charge on any atom is -0.491 e. The Labute approximate surface area is 174 Å². The van der Waals surface area contributed by atoms with Gasteiger partial charge in [0.25, 0.3) is 5.91 Å². The number of halogens is 1. The summed E-state index contributed by atoms with van der Waals surface area (Å²) in [6.07, 6.45) is 6.21. The topological polar surface area (TPSA) is 60.2 Å². The van der Waals surface area contributed by atoms with Crippen LogP contribution in [-0.4, -0.2) is 44.5 Å². The lowest BCUT2D eigenvalue weighted by Crippen LogP contribution is -2.60. The number of fused-ring (bicyclic) bond motifs is 2. The van der Waals surface area contributed by atoms with Crippen LogP contribution < -0.4 is 4.74 Å². The summed E-state index contributed by atoms with van der Waals surface area (Å²) >= 11 is 0. The molecule has 7 heteroatoms. The molecule has 3 heterocycles. The minimum atomic E-state index is -0.294. The summed E-state index contributed by atoms with van der Waals surface area (Å²) in [6, 6.07) is 12.0. The maximum atomic E-state index is 13.7. The van der Waals surface area contributed by atoms with Crippen LogP contribution in [0.4, 0.5) is 4.39 Å². The second-order valence-electron chi connectivity index (χ2n) is 8.20. The van der Waals surface area contributed by atoms with Gasteiger partial charge in [-0.3, -0.25) is 4.79 Å². The molecule has 2 saturated heterocycles. The number of nitrogens with zero attached hydrogens (tertiary/aromatic N) is 4. The third-order valence-electron chi connectivity index (χ3n) is 6.11. The number of carbonyl (C=O) groups excluding carboxylic acids is 1. The van der Waals surface area contributed by atoms with Gasteiger partial charge in [-0.1, -0.05) is 11.6 Å². The van der Waals surface area contributed by atoms with E-state index in [4.69, 9.17) is 4.74 Å². The Bertz CT molecular complexity index is 1050. The third kappa shape index (κ3) is 3.44. The fourth-order valence-electron chi connectivity index (χ4n) is 4.59. The van der Waals surface area contributed by atoms with Gasteiger partial charge in [-0.05, 0) is 68.5 Å². The Morgan fingerprint density at radius 3 is 2.57 bits per heavy atom. The van der Waals surface area contributed by atoms with Crippen LogP contribution in [0.2, 0.25) is 0 Å². The highest BCUT2D eigenvalue weighted by atomic mass is 19.1. The highest BCUT2D eigenvalue weighted by Crippen LogP contribution is 2.43. The van der Waals surface area contributed by atoms with E-state index in [0.29, 0.717) is 29.5 Å². The number of piperidine rings is 2. The summed E-state index contributed by atoms with van der Waals surface area (Å²) in [6.45, 7) is 2.37. The number of ether oxygens (including phenoxy) is 1. The first kappa shape index (κ1) is 18.8. The molecule has 6 rings (SSSR count). The van der Waals surface area contributed by atoms with Gasteiger partial charge >= 0.3 is 0 Å². The van der Waals surface area contributed by atoms with E-state index in [1.807, 2.05) is 30.0 Å². The van der Waals surface area contributed by atoms with Crippen LogP contribution in [0.5, 0.6) is 5.75 Å². The molecule has 2 bridgehead atoms. The third-order valence-corrected chi connectivity index (χ3v) is 6.11. The lowest BCUT2D eigenvalue weighted by atomic mass is 9.70. The van der Waals surface area contributed by atoms with Crippen LogP contribution in [-0.2, 0) is 0 Å². The lowest BCUT2D eigenvalue weighted by molar-refractivity contribution is -0.0306. The second-order valence-corrected chi connectivity index (χ2v) is 8.20. The summed E-state index contributed by atoms with van der Waals surface area (Å²) in [7, 11) is 0. The average molecular weight is 406 g/mol. The number of rotatable bonds is 5. The van der Waals surface area contributed by atoms with Gasteiger partial charge in [0.15, 0.2) is 0 Å². The fraction of sp³-hybridized carbons (Fsp3) is 0.348. The lowest BCUT2D eigenvalue weighted by Gasteiger charge is -2.53. The van der Waals surface area contributed by atoms with Gasteiger partial charge in [-0.25, -0.2) is 4.39 Å². The summed E-state index contributed by atoms with van der Waals surface area (Å²) in [5.41, 5.74) is 2.29. The first-order chi connectivity index (χ1) is 14.6. The quantitative estimate of drug-likeness (QED) is 0.647. The molecule has 3 aliphatic rings. The number of aryl methyl sites for hydroxylation is 1. The monoisotopic (exact) mass is 406 g/mol. The second kappa shape index (κ2) is 7.55. The Morgan fingerprint density at radius 2 is 1.83 bits per heavy atom. The first-order valence-corrected chi connectivity index (χ1v) is 10.3. The van der Waals surface area contributed by atoms with Gasteiger partial charge < -0.3 is 9.64 Å². The number of carbonyl (C=O) groups is 1. The molecule has 30 heavy (non-hydrogen) atoms. The van der Waals surface area contributed by atoms with Crippen molar-refractivity contribution >= 4 is 5.91 Å². The van der Waals surface area contributed by atoms with Gasteiger partial charge in [-0.15, -0.1) is 0 Å². The molecule has 154 valence electrons. The van der Waals surface area contributed by atoms with E-state index in [1.165, 1.54) is 16.9 Å². The van der Waals surface area contributed by atoms with Crippen LogP contribution >= 0.6 is 0 Å². The van der Waals surface area contributed by atoms with E-state index in [0.717, 1.165) is 24.8 Å². The van der Waals surface area contributed by atoms with Crippen LogP contribution in [0.25, 0.3) is 5.69 Å². The molecule has 3 aromatic rings. The maximum Gasteiger partial charge on any atom is 0.256 e. The van der Waals surface area contributed by atoms with E-state index < -0.39 is 0 Å². The molecule has 0 radical (unpaired) electrons. The van der Waals surface area contributed by atoms with Crippen molar-refractivity contribution in [2.75, 3.05) is 6.61 Å². The summed E-state index contributed by atoms with van der Waals surface area (Å²) in [4.78, 5) is 17.2. The van der Waals surface area contributed by atoms with Crippen molar-refractivity contribution in [1.82, 2.24) is 19.9 Å². The van der Waals surface area contributed by atoms with Crippen molar-refractivity contribution < 1.29 is 13.9 Å². The zero-order chi connectivity index (χ0) is 20.7. The van der Waals surface area contributed by atoms with Gasteiger partial charge in [0.2, 0.25) is 0 Å². The van der Waals surface area contributed by atoms with Crippen molar-refractivity contribution in [3.05, 3.63) is 71.8 Å². The molecule has 2 aromatic carbocycles. The highest BCUT2D eigenvalue weighted by Gasteiger charge is 2.47. The summed E-state index contributed by atoms with van der Waals surface area (Å²) in [5, 5.41) is 8.43. The van der Waals surface area contributed by atoms with Crippen LogP contribution in [0.3, 0.4) is 0 Å². The SMILES string of the molecule is Cc1ccc(-n2nccn2)c(C(=O)N2C3CC(C3)C[C@@H]2COc2ccc(F)cc2)c1. The number of aromatic nitrogens is 3. The predicted molar refractivity (Wildman–Crippen MR) is 109 cm³/mol. The molecule has 1 atom stereocenters. The number of hydrogen-bond donors (Lipinski definition) is 0. The van der Waals surface area contributed by atoms with E-state index in [2.05, 4.69) is 10.2 Å². The average Bonchev–Trinajstić information content (AvgIpc) is 3.26. The number of amides is 1. The Balaban J connectivity index is 1.42. The van der Waals surface area contributed by atoms with E-state index in [1.54, 1.807) is 24.5 Å². The zero-order valence-electron chi connectivity index (χ0n) is 16.7. The zero-order valence-corrected chi connectivity index (χ0v) is 16.7. The normalized spacial score (nSPS) is 22.5. The molecule has 6 nitrogen and oxygen atoms in total. The van der Waals surface area contributed by atoms with Gasteiger partial charge in [-0.2, -0.15) is 15.0 Å². The van der Waals surface area contributed by atoms with E-state index in [9.17, 15) is 9.18 Å². The standard InChI is InChI=1S/C23H23FN4O2/c1-15-2-7-22(28-25-8-9-26-28)21(10-15)23(29)27-18-11-16(12-18)13-19(27)14-30-20-5-3-17(24)4-6-20/h2-10,16,18-19H,11-14H2,1H3/t16?,18?,19-/m1/s1. The van der Waals surface area contributed by atoms with Gasteiger partial charge in [0.1, 0.15) is 18.2 Å². The molecule has 0 N–H and O–H groups in total. The smallest absolute Gasteiger partial charge is 0.256 e. The van der Waals surface area contributed by atoms with E-state index >= 15 is 0 Å².